The van der Waals surface area contributed by atoms with Gasteiger partial charge >= 0.3 is 5.97 Å². The van der Waals surface area contributed by atoms with Crippen LogP contribution in [0.3, 0.4) is 0 Å². The minimum atomic E-state index is -1.60. The Morgan fingerprint density at radius 3 is 2.29 bits per heavy atom. The van der Waals surface area contributed by atoms with Crippen molar-refractivity contribution in [3.8, 4) is 18.2 Å². The van der Waals surface area contributed by atoms with E-state index in [0.717, 1.165) is 0 Å². The highest BCUT2D eigenvalue weighted by Gasteiger charge is 2.51. The molecule has 0 aromatic heterocycles. The second-order valence-corrected chi connectivity index (χ2v) is 5.98. The van der Waals surface area contributed by atoms with Crippen molar-refractivity contribution in [2.45, 2.75) is 32.5 Å². The molecule has 0 amide bonds. The summed E-state index contributed by atoms with van der Waals surface area (Å²) in [4.78, 5) is 11.6. The molecule has 0 aromatic rings. The van der Waals surface area contributed by atoms with E-state index >= 15 is 0 Å². The molecule has 1 rings (SSSR count). The third-order valence-corrected chi connectivity index (χ3v) is 3.63. The highest BCUT2D eigenvalue weighted by molar-refractivity contribution is 5.70. The SMILES string of the molecule is COC(=O)CC(C)(C)CC1(OC)OC(N)=C(C#N)C1=C(C#N)C#N. The number of rotatable bonds is 5. The maximum Gasteiger partial charge on any atom is 0.306 e. The van der Waals surface area contributed by atoms with Crippen molar-refractivity contribution < 1.29 is 19.0 Å². The molecule has 126 valence electrons. The first-order valence-electron chi connectivity index (χ1n) is 6.96. The van der Waals surface area contributed by atoms with Crippen molar-refractivity contribution in [1.29, 1.82) is 15.8 Å². The number of carbonyl (C=O) groups is 1. The number of allylic oxidation sites excluding steroid dienone is 1. The van der Waals surface area contributed by atoms with E-state index in [-0.39, 0.29) is 35.4 Å². The third kappa shape index (κ3) is 3.48. The molecule has 1 aliphatic rings. The number of carbonyl (C=O) groups excluding carboxylic acids is 1. The topological polar surface area (TPSA) is 142 Å². The molecule has 8 heteroatoms. The molecule has 1 heterocycles. The molecule has 0 saturated heterocycles. The van der Waals surface area contributed by atoms with Gasteiger partial charge in [-0.1, -0.05) is 13.8 Å². The van der Waals surface area contributed by atoms with Crippen molar-refractivity contribution in [2.24, 2.45) is 11.1 Å². The summed E-state index contributed by atoms with van der Waals surface area (Å²) in [6.45, 7) is 3.54. The van der Waals surface area contributed by atoms with Gasteiger partial charge in [0.15, 0.2) is 0 Å². The summed E-state index contributed by atoms with van der Waals surface area (Å²) in [6.07, 6.45) is 0.112. The summed E-state index contributed by atoms with van der Waals surface area (Å²) >= 11 is 0. The van der Waals surface area contributed by atoms with Gasteiger partial charge in [0.05, 0.1) is 19.1 Å². The normalized spacial score (nSPS) is 19.8. The van der Waals surface area contributed by atoms with Crippen LogP contribution in [0.5, 0.6) is 0 Å². The van der Waals surface area contributed by atoms with E-state index in [0.29, 0.717) is 0 Å². The molecule has 24 heavy (non-hydrogen) atoms. The van der Waals surface area contributed by atoms with Gasteiger partial charge in [-0.15, -0.1) is 0 Å². The highest BCUT2D eigenvalue weighted by Crippen LogP contribution is 2.47. The first kappa shape index (κ1) is 19.0. The number of nitriles is 3. The Morgan fingerprint density at radius 1 is 1.29 bits per heavy atom. The summed E-state index contributed by atoms with van der Waals surface area (Å²) < 4.78 is 15.7. The largest absolute Gasteiger partial charge is 0.469 e. The maximum absolute atomic E-state index is 11.6. The van der Waals surface area contributed by atoms with Gasteiger partial charge in [0.2, 0.25) is 11.7 Å². The number of hydrogen-bond donors (Lipinski definition) is 1. The zero-order valence-electron chi connectivity index (χ0n) is 14.0. The van der Waals surface area contributed by atoms with E-state index in [1.54, 1.807) is 26.0 Å². The summed E-state index contributed by atoms with van der Waals surface area (Å²) in [5.74, 6) is -2.27. The minimum Gasteiger partial charge on any atom is -0.469 e. The first-order chi connectivity index (χ1) is 11.2. The fourth-order valence-corrected chi connectivity index (χ4v) is 2.65. The number of ether oxygens (including phenoxy) is 3. The first-order valence-corrected chi connectivity index (χ1v) is 6.96. The molecular weight excluding hydrogens is 312 g/mol. The van der Waals surface area contributed by atoms with Crippen LogP contribution in [0.1, 0.15) is 26.7 Å². The maximum atomic E-state index is 11.6. The van der Waals surface area contributed by atoms with Crippen molar-refractivity contribution in [1.82, 2.24) is 0 Å². The average Bonchev–Trinajstić information content (AvgIpc) is 2.79. The number of nitrogens with zero attached hydrogens (tertiary/aromatic N) is 3. The van der Waals surface area contributed by atoms with Crippen molar-refractivity contribution in [3.63, 3.8) is 0 Å². The summed E-state index contributed by atoms with van der Waals surface area (Å²) in [5.41, 5.74) is 4.58. The van der Waals surface area contributed by atoms with Crippen LogP contribution in [0.2, 0.25) is 0 Å². The van der Waals surface area contributed by atoms with Crippen LogP contribution in [0.25, 0.3) is 0 Å². The van der Waals surface area contributed by atoms with Gasteiger partial charge in [0.1, 0.15) is 29.4 Å². The van der Waals surface area contributed by atoms with Gasteiger partial charge in [-0.05, 0) is 5.41 Å². The lowest BCUT2D eigenvalue weighted by atomic mass is 9.78. The monoisotopic (exact) mass is 330 g/mol. The molecule has 0 bridgehead atoms. The molecular formula is C16H18N4O4. The van der Waals surface area contributed by atoms with Crippen LogP contribution in [0, 0.1) is 39.4 Å². The summed E-state index contributed by atoms with van der Waals surface area (Å²) in [7, 11) is 2.59. The van der Waals surface area contributed by atoms with Gasteiger partial charge < -0.3 is 19.9 Å². The lowest BCUT2D eigenvalue weighted by Crippen LogP contribution is -2.40. The van der Waals surface area contributed by atoms with Crippen LogP contribution in [0.4, 0.5) is 0 Å². The second kappa shape index (κ2) is 7.04. The van der Waals surface area contributed by atoms with E-state index in [2.05, 4.69) is 4.74 Å². The van der Waals surface area contributed by atoms with Gasteiger partial charge in [-0.3, -0.25) is 4.79 Å². The van der Waals surface area contributed by atoms with Crippen LogP contribution in [-0.4, -0.2) is 26.0 Å². The zero-order chi connectivity index (χ0) is 18.5. The minimum absolute atomic E-state index is 0.0204. The number of esters is 1. The molecule has 1 atom stereocenters. The summed E-state index contributed by atoms with van der Waals surface area (Å²) in [6, 6.07) is 5.30. The molecule has 0 spiro atoms. The Labute approximate surface area is 140 Å². The van der Waals surface area contributed by atoms with Crippen molar-refractivity contribution in [3.05, 3.63) is 22.6 Å². The predicted molar refractivity (Wildman–Crippen MR) is 80.9 cm³/mol. The molecule has 0 radical (unpaired) electrons. The Balaban J connectivity index is 3.45. The third-order valence-electron chi connectivity index (χ3n) is 3.63. The molecule has 0 saturated carbocycles. The number of nitrogens with two attached hydrogens (primary N) is 1. The molecule has 0 aliphatic carbocycles. The Bertz CT molecular complexity index is 715. The standard InChI is InChI=1S/C16H18N4O4/c1-15(2,5-12(21)22-3)9-16(23-4)13(10(6-17)7-18)11(8-19)14(20)24-16/h5,9,20H2,1-4H3. The zero-order valence-corrected chi connectivity index (χ0v) is 14.0. The predicted octanol–water partition coefficient (Wildman–Crippen LogP) is 1.38. The fourth-order valence-electron chi connectivity index (χ4n) is 2.65. The van der Waals surface area contributed by atoms with E-state index in [1.165, 1.54) is 14.2 Å². The van der Waals surface area contributed by atoms with E-state index in [4.69, 9.17) is 15.2 Å². The van der Waals surface area contributed by atoms with E-state index in [9.17, 15) is 20.6 Å². The Kier molecular flexibility index (Phi) is 5.58. The average molecular weight is 330 g/mol. The van der Waals surface area contributed by atoms with Gasteiger partial charge in [-0.25, -0.2) is 0 Å². The second-order valence-electron chi connectivity index (χ2n) is 5.98. The van der Waals surface area contributed by atoms with Crippen LogP contribution >= 0.6 is 0 Å². The van der Waals surface area contributed by atoms with Crippen molar-refractivity contribution in [2.75, 3.05) is 14.2 Å². The van der Waals surface area contributed by atoms with Gasteiger partial charge in [0, 0.05) is 13.5 Å². The van der Waals surface area contributed by atoms with Crippen LogP contribution in [-0.2, 0) is 19.0 Å². The van der Waals surface area contributed by atoms with Crippen LogP contribution in [0.15, 0.2) is 22.6 Å². The lowest BCUT2D eigenvalue weighted by Gasteiger charge is -2.36. The number of methoxy groups -OCH3 is 2. The lowest BCUT2D eigenvalue weighted by molar-refractivity contribution is -0.181. The smallest absolute Gasteiger partial charge is 0.306 e. The molecule has 0 fully saturated rings. The molecule has 8 nitrogen and oxygen atoms in total. The highest BCUT2D eigenvalue weighted by atomic mass is 16.7. The Morgan fingerprint density at radius 2 is 1.88 bits per heavy atom. The number of hydrogen-bond acceptors (Lipinski definition) is 8. The van der Waals surface area contributed by atoms with E-state index in [1.807, 2.05) is 6.07 Å². The van der Waals surface area contributed by atoms with Gasteiger partial charge in [0.25, 0.3) is 0 Å². The summed E-state index contributed by atoms with van der Waals surface area (Å²) in [5, 5.41) is 27.7. The van der Waals surface area contributed by atoms with E-state index < -0.39 is 17.2 Å². The quantitative estimate of drug-likeness (QED) is 0.588. The molecule has 1 unspecified atom stereocenters. The Hall–Kier alpha value is -3.02. The van der Waals surface area contributed by atoms with Crippen molar-refractivity contribution >= 4 is 5.97 Å². The molecule has 0 aromatic carbocycles. The fraction of sp³-hybridized carbons (Fsp3) is 0.500. The van der Waals surface area contributed by atoms with Gasteiger partial charge in [-0.2, -0.15) is 15.8 Å². The molecule has 2 N–H and O–H groups in total. The van der Waals surface area contributed by atoms with Crippen LogP contribution < -0.4 is 5.73 Å². The molecule has 1 aliphatic heterocycles.